The van der Waals surface area contributed by atoms with Gasteiger partial charge < -0.3 is 11.1 Å². The maximum Gasteiger partial charge on any atom is 0.196 e. The van der Waals surface area contributed by atoms with Gasteiger partial charge in [0.1, 0.15) is 0 Å². The van der Waals surface area contributed by atoms with Crippen LogP contribution in [0, 0.1) is 0 Å². The van der Waals surface area contributed by atoms with Gasteiger partial charge in [0, 0.05) is 43.2 Å². The van der Waals surface area contributed by atoms with Crippen molar-refractivity contribution < 1.29 is 9.59 Å². The van der Waals surface area contributed by atoms with Gasteiger partial charge in [-0.1, -0.05) is 39.7 Å². The molecule has 0 saturated carbocycles. The molecule has 0 fully saturated rings. The first-order valence-corrected chi connectivity index (χ1v) is 18.3. The molecular formula is C37H40N2O2S3. The number of carbonyl (C=O) groups is 2. The Morgan fingerprint density at radius 2 is 1.48 bits per heavy atom. The lowest BCUT2D eigenvalue weighted by molar-refractivity contribution is 0.0980. The summed E-state index contributed by atoms with van der Waals surface area (Å²) in [5, 5.41) is 3.30. The lowest BCUT2D eigenvalue weighted by atomic mass is 9.80. The van der Waals surface area contributed by atoms with Gasteiger partial charge in [0.25, 0.3) is 0 Å². The summed E-state index contributed by atoms with van der Waals surface area (Å²) in [6.45, 7) is 9.27. The standard InChI is InChI=1S/C37H40N2O2S3/c1-5-8-11-22-16-26-27(17-23(22)12-9-6-2)35(41)33-32(34(26)40)36(30-18-24-20-39-15-14-28(24)42-30)44-37(33)31-19-25(21(4)38)29(43-31)13-10-7-3/h10,13-19,21,39H,5-9,11-12,20,38H2,1-4H3/b13-10-. The van der Waals surface area contributed by atoms with Crippen molar-refractivity contribution in [1.82, 2.24) is 5.32 Å². The molecule has 3 aromatic heterocycles. The fraction of sp³-hybridized carbons (Fsp3) is 0.351. The van der Waals surface area contributed by atoms with Crippen LogP contribution in [0.15, 0.2) is 36.5 Å². The highest BCUT2D eigenvalue weighted by Gasteiger charge is 2.38. The predicted molar refractivity (Wildman–Crippen MR) is 189 cm³/mol. The average Bonchev–Trinajstić information content (AvgIpc) is 3.75. The van der Waals surface area contributed by atoms with Crippen LogP contribution >= 0.6 is 34.0 Å². The van der Waals surface area contributed by atoms with Crippen LogP contribution in [0.1, 0.15) is 130 Å². The Hall–Kier alpha value is -3.10. The third-order valence-electron chi connectivity index (χ3n) is 8.51. The Morgan fingerprint density at radius 3 is 2.02 bits per heavy atom. The molecule has 0 saturated heterocycles. The normalized spacial score (nSPS) is 14.6. The molecule has 0 radical (unpaired) electrons. The van der Waals surface area contributed by atoms with Crippen molar-refractivity contribution in [2.75, 3.05) is 0 Å². The minimum absolute atomic E-state index is 0.0259. The Morgan fingerprint density at radius 1 is 0.864 bits per heavy atom. The van der Waals surface area contributed by atoms with Crippen molar-refractivity contribution in [3.8, 4) is 19.5 Å². The number of carbonyl (C=O) groups excluding carboxylic acids is 2. The third-order valence-corrected chi connectivity index (χ3v) is 12.3. The highest BCUT2D eigenvalue weighted by molar-refractivity contribution is 7.27. The molecule has 1 atom stereocenters. The number of hydrogen-bond acceptors (Lipinski definition) is 7. The second-order valence-electron chi connectivity index (χ2n) is 11.8. The summed E-state index contributed by atoms with van der Waals surface area (Å²) in [6.07, 6.45) is 15.4. The van der Waals surface area contributed by atoms with Crippen LogP contribution < -0.4 is 11.1 Å². The molecule has 1 aliphatic heterocycles. The third kappa shape index (κ3) is 5.60. The monoisotopic (exact) mass is 640 g/mol. The zero-order valence-corrected chi connectivity index (χ0v) is 28.4. The van der Waals surface area contributed by atoms with Gasteiger partial charge in [-0.2, -0.15) is 0 Å². The molecule has 44 heavy (non-hydrogen) atoms. The van der Waals surface area contributed by atoms with Gasteiger partial charge in [-0.3, -0.25) is 9.59 Å². The number of unbranched alkanes of at least 4 members (excludes halogenated alkanes) is 2. The van der Waals surface area contributed by atoms with E-state index in [0.29, 0.717) is 22.3 Å². The van der Waals surface area contributed by atoms with E-state index < -0.39 is 0 Å². The number of thiophene rings is 3. The first kappa shape index (κ1) is 30.9. The second kappa shape index (κ2) is 13.1. The quantitative estimate of drug-likeness (QED) is 0.151. The van der Waals surface area contributed by atoms with Crippen LogP contribution in [0.4, 0.5) is 0 Å². The van der Waals surface area contributed by atoms with Crippen LogP contribution in [-0.4, -0.2) is 11.6 Å². The second-order valence-corrected chi connectivity index (χ2v) is 15.0. The molecule has 2 aliphatic rings. The Bertz CT molecular complexity index is 1800. The van der Waals surface area contributed by atoms with E-state index in [1.165, 1.54) is 21.6 Å². The van der Waals surface area contributed by atoms with Crippen LogP contribution in [0.3, 0.4) is 0 Å². The van der Waals surface area contributed by atoms with E-state index in [0.717, 1.165) is 81.4 Å². The number of nitrogens with one attached hydrogen (secondary N) is 1. The molecular weight excluding hydrogens is 601 g/mol. The van der Waals surface area contributed by atoms with Crippen molar-refractivity contribution >= 4 is 57.7 Å². The summed E-state index contributed by atoms with van der Waals surface area (Å²) in [4.78, 5) is 35.4. The van der Waals surface area contributed by atoms with Crippen molar-refractivity contribution in [3.05, 3.63) is 90.8 Å². The number of allylic oxidation sites excluding steroid dienone is 1. The molecule has 0 amide bonds. The molecule has 4 nitrogen and oxygen atoms in total. The molecule has 4 heterocycles. The van der Waals surface area contributed by atoms with Gasteiger partial charge in [-0.05, 0) is 104 Å². The molecule has 7 heteroatoms. The molecule has 4 aromatic rings. The predicted octanol–water partition coefficient (Wildman–Crippen LogP) is 10.2. The van der Waals surface area contributed by atoms with Crippen molar-refractivity contribution in [3.63, 3.8) is 0 Å². The fourth-order valence-corrected chi connectivity index (χ4v) is 9.92. The zero-order valence-electron chi connectivity index (χ0n) is 26.0. The number of hydrogen-bond donors (Lipinski definition) is 2. The molecule has 6 rings (SSSR count). The molecule has 1 aliphatic carbocycles. The molecule has 1 aromatic carbocycles. The zero-order chi connectivity index (χ0) is 31.0. The van der Waals surface area contributed by atoms with Crippen molar-refractivity contribution in [2.45, 2.75) is 85.2 Å². The van der Waals surface area contributed by atoms with E-state index in [-0.39, 0.29) is 17.6 Å². The Labute approximate surface area is 272 Å². The van der Waals surface area contributed by atoms with E-state index in [1.54, 1.807) is 34.0 Å². The van der Waals surface area contributed by atoms with Crippen LogP contribution in [0.5, 0.6) is 0 Å². The van der Waals surface area contributed by atoms with E-state index in [2.05, 4.69) is 68.6 Å². The maximum atomic E-state index is 14.6. The number of ketones is 2. The lowest BCUT2D eigenvalue weighted by Crippen LogP contribution is -2.21. The summed E-state index contributed by atoms with van der Waals surface area (Å²) in [5.74, 6) is -0.0572. The fourth-order valence-electron chi connectivity index (χ4n) is 6.13. The minimum Gasteiger partial charge on any atom is -0.387 e. The molecule has 228 valence electrons. The minimum atomic E-state index is -0.143. The topological polar surface area (TPSA) is 72.2 Å². The van der Waals surface area contributed by atoms with E-state index in [1.807, 2.05) is 13.1 Å². The maximum absolute atomic E-state index is 14.6. The Balaban J connectivity index is 1.57. The number of benzene rings is 1. The number of rotatable bonds is 11. The van der Waals surface area contributed by atoms with Gasteiger partial charge in [-0.25, -0.2) is 0 Å². The first-order valence-electron chi connectivity index (χ1n) is 15.9. The summed E-state index contributed by atoms with van der Waals surface area (Å²) >= 11 is 4.95. The highest BCUT2D eigenvalue weighted by Crippen LogP contribution is 2.51. The molecule has 0 bridgehead atoms. The van der Waals surface area contributed by atoms with Gasteiger partial charge in [0.05, 0.1) is 20.9 Å². The number of fused-ring (bicyclic) bond motifs is 3. The van der Waals surface area contributed by atoms with E-state index in [4.69, 9.17) is 5.73 Å². The molecule has 3 N–H and O–H groups in total. The molecule has 0 spiro atoms. The summed E-state index contributed by atoms with van der Waals surface area (Å²) in [5.41, 5.74) is 13.4. The Kier molecular flexibility index (Phi) is 9.20. The van der Waals surface area contributed by atoms with Crippen molar-refractivity contribution in [2.24, 2.45) is 5.73 Å². The van der Waals surface area contributed by atoms with Gasteiger partial charge >= 0.3 is 0 Å². The van der Waals surface area contributed by atoms with Gasteiger partial charge in [0.15, 0.2) is 11.6 Å². The summed E-state index contributed by atoms with van der Waals surface area (Å²) in [7, 11) is 0. The number of nitrogens with two attached hydrogens (primary N) is 1. The van der Waals surface area contributed by atoms with Crippen LogP contribution in [0.25, 0.3) is 31.7 Å². The van der Waals surface area contributed by atoms with Crippen molar-refractivity contribution in [1.29, 1.82) is 0 Å². The smallest absolute Gasteiger partial charge is 0.196 e. The van der Waals surface area contributed by atoms with Gasteiger partial charge in [-0.15, -0.1) is 34.0 Å². The van der Waals surface area contributed by atoms with Crippen LogP contribution in [-0.2, 0) is 19.4 Å². The van der Waals surface area contributed by atoms with Gasteiger partial charge in [0.2, 0.25) is 0 Å². The first-order chi connectivity index (χ1) is 21.4. The highest BCUT2D eigenvalue weighted by atomic mass is 32.1. The summed E-state index contributed by atoms with van der Waals surface area (Å²) in [6, 6.07) is 8.30. The molecule has 1 unspecified atom stereocenters. The lowest BCUT2D eigenvalue weighted by Gasteiger charge is -2.20. The summed E-state index contributed by atoms with van der Waals surface area (Å²) < 4.78 is 0. The van der Waals surface area contributed by atoms with E-state index in [9.17, 15) is 9.59 Å². The largest absolute Gasteiger partial charge is 0.387 e. The average molecular weight is 641 g/mol. The van der Waals surface area contributed by atoms with E-state index >= 15 is 0 Å². The number of aryl methyl sites for hydroxylation is 2. The SMILES string of the molecule is CC/C=C\c1sc(-c2sc(-c3cc4c(s3)C=CNC4)c3c2C(=O)c2cc(CCCC)c(CCCC)cc2C3=O)cc1C(C)N. The van der Waals surface area contributed by atoms with Crippen LogP contribution in [0.2, 0.25) is 0 Å².